The van der Waals surface area contributed by atoms with Crippen LogP contribution in [0.5, 0.6) is 0 Å². The monoisotopic (exact) mass is 496 g/mol. The van der Waals surface area contributed by atoms with Gasteiger partial charge in [0, 0.05) is 13.0 Å². The molecule has 0 spiro atoms. The second-order valence-electron chi connectivity index (χ2n) is 9.53. The topological polar surface area (TPSA) is 94.5 Å². The third-order valence-electron chi connectivity index (χ3n) is 5.76. The normalized spacial score (nSPS) is 13.3. The van der Waals surface area contributed by atoms with Crippen molar-refractivity contribution < 1.29 is 32.8 Å². The maximum atomic E-state index is 11.9. The molecule has 2 rings (SSSR count). The number of ether oxygens (including phenoxy) is 2. The van der Waals surface area contributed by atoms with Crippen molar-refractivity contribution in [2.75, 3.05) is 6.61 Å². The maximum Gasteiger partial charge on any atom is 0.473 e. The lowest BCUT2D eigenvalue weighted by Crippen LogP contribution is -2.42. The summed E-state index contributed by atoms with van der Waals surface area (Å²) in [7, 11) is -6.89. The first-order valence-corrected chi connectivity index (χ1v) is 15.5. The molecular weight excluding hydrogens is 459 g/mol. The Morgan fingerprint density at radius 2 is 1.30 bits per heavy atom. The molecule has 0 amide bonds. The minimum absolute atomic E-state index is 0.0557. The summed E-state index contributed by atoms with van der Waals surface area (Å²) in [5.74, 6) is -1.93. The Labute approximate surface area is 198 Å². The highest BCUT2D eigenvalue weighted by Gasteiger charge is 2.41. The summed E-state index contributed by atoms with van der Waals surface area (Å²) in [6.07, 6.45) is 0.530. The van der Waals surface area contributed by atoms with Gasteiger partial charge in [-0.05, 0) is 35.7 Å². The lowest BCUT2D eigenvalue weighted by atomic mass is 10.2. The molecule has 2 N–H and O–H groups in total. The zero-order chi connectivity index (χ0) is 24.6. The number of rotatable bonds is 13. The van der Waals surface area contributed by atoms with Crippen LogP contribution in [0.3, 0.4) is 0 Å². The van der Waals surface area contributed by atoms with E-state index in [2.05, 4.69) is 33.9 Å². The van der Waals surface area contributed by atoms with Crippen LogP contribution in [0.15, 0.2) is 60.7 Å². The first-order valence-electron chi connectivity index (χ1n) is 11.1. The Kier molecular flexibility index (Phi) is 10.0. The SMILES string of the molecule is CC(C)(C)[Si](C)(C)OCCCC(OCc1ccccc1)(OCc1ccccc1)OP(=O)(O)O. The second-order valence-corrected chi connectivity index (χ2v) is 15.5. The van der Waals surface area contributed by atoms with Crippen LogP contribution in [0, 0.1) is 0 Å². The van der Waals surface area contributed by atoms with Crippen LogP contribution in [0.4, 0.5) is 0 Å². The van der Waals surface area contributed by atoms with Crippen LogP contribution in [0.25, 0.3) is 0 Å². The number of phosphoric ester groups is 1. The summed E-state index contributed by atoms with van der Waals surface area (Å²) in [6, 6.07) is 18.7. The molecule has 0 aromatic heterocycles. The maximum absolute atomic E-state index is 11.9. The number of benzene rings is 2. The summed E-state index contributed by atoms with van der Waals surface area (Å²) in [6.45, 7) is 11.3. The van der Waals surface area contributed by atoms with Crippen LogP contribution in [-0.2, 0) is 36.2 Å². The molecule has 0 unspecified atom stereocenters. The smallest absolute Gasteiger partial charge is 0.417 e. The summed E-state index contributed by atoms with van der Waals surface area (Å²) < 4.78 is 35.1. The second kappa shape index (κ2) is 11.9. The number of phosphoric acid groups is 1. The van der Waals surface area contributed by atoms with E-state index in [0.717, 1.165) is 11.1 Å². The molecule has 9 heteroatoms. The molecule has 0 bridgehead atoms. The molecule has 2 aromatic rings. The Morgan fingerprint density at radius 3 is 1.70 bits per heavy atom. The van der Waals surface area contributed by atoms with Gasteiger partial charge in [-0.2, -0.15) is 0 Å². The highest BCUT2D eigenvalue weighted by Crippen LogP contribution is 2.45. The molecule has 0 saturated carbocycles. The van der Waals surface area contributed by atoms with E-state index in [9.17, 15) is 14.4 Å². The lowest BCUT2D eigenvalue weighted by molar-refractivity contribution is -0.362. The molecule has 0 aliphatic heterocycles. The van der Waals surface area contributed by atoms with E-state index in [1.54, 1.807) is 0 Å². The minimum atomic E-state index is -4.92. The van der Waals surface area contributed by atoms with E-state index < -0.39 is 22.1 Å². The van der Waals surface area contributed by atoms with Gasteiger partial charge in [-0.1, -0.05) is 81.4 Å². The molecule has 0 heterocycles. The Balaban J connectivity index is 2.18. The van der Waals surface area contributed by atoms with Crippen LogP contribution < -0.4 is 0 Å². The molecule has 0 fully saturated rings. The average Bonchev–Trinajstić information content (AvgIpc) is 2.73. The fourth-order valence-corrected chi connectivity index (χ4v) is 4.48. The summed E-state index contributed by atoms with van der Waals surface area (Å²) in [5, 5.41) is 0.0557. The first-order chi connectivity index (χ1) is 15.3. The van der Waals surface area contributed by atoms with Crippen molar-refractivity contribution in [1.29, 1.82) is 0 Å². The third-order valence-corrected chi connectivity index (χ3v) is 10.8. The van der Waals surface area contributed by atoms with Gasteiger partial charge in [-0.15, -0.1) is 0 Å². The molecule has 184 valence electrons. The third kappa shape index (κ3) is 9.80. The molecule has 0 atom stereocenters. The van der Waals surface area contributed by atoms with Crippen molar-refractivity contribution >= 4 is 16.1 Å². The van der Waals surface area contributed by atoms with Crippen LogP contribution in [0.1, 0.15) is 44.7 Å². The highest BCUT2D eigenvalue weighted by molar-refractivity contribution is 7.46. The van der Waals surface area contributed by atoms with Gasteiger partial charge >= 0.3 is 7.82 Å². The molecule has 7 nitrogen and oxygen atoms in total. The van der Waals surface area contributed by atoms with Crippen LogP contribution >= 0.6 is 7.82 Å². The predicted octanol–water partition coefficient (Wildman–Crippen LogP) is 5.99. The zero-order valence-electron chi connectivity index (χ0n) is 20.2. The summed E-state index contributed by atoms with van der Waals surface area (Å²) in [5.41, 5.74) is 1.66. The molecule has 33 heavy (non-hydrogen) atoms. The van der Waals surface area contributed by atoms with Crippen molar-refractivity contribution in [3.63, 3.8) is 0 Å². The average molecular weight is 497 g/mol. The summed E-state index contributed by atoms with van der Waals surface area (Å²) in [4.78, 5) is 19.3. The first kappa shape index (κ1) is 27.9. The van der Waals surface area contributed by atoms with Gasteiger partial charge in [0.25, 0.3) is 5.97 Å². The van der Waals surface area contributed by atoms with Crippen LogP contribution in [0.2, 0.25) is 18.1 Å². The Bertz CT molecular complexity index is 835. The largest absolute Gasteiger partial charge is 0.473 e. The van der Waals surface area contributed by atoms with Gasteiger partial charge in [0.1, 0.15) is 0 Å². The zero-order valence-corrected chi connectivity index (χ0v) is 22.1. The van der Waals surface area contributed by atoms with Gasteiger partial charge in [-0.3, -0.25) is 0 Å². The molecule has 0 aliphatic rings. The van der Waals surface area contributed by atoms with Gasteiger partial charge < -0.3 is 23.7 Å². The van der Waals surface area contributed by atoms with Crippen LogP contribution in [-0.4, -0.2) is 30.7 Å². The van der Waals surface area contributed by atoms with E-state index in [4.69, 9.17) is 18.4 Å². The van der Waals surface area contributed by atoms with Gasteiger partial charge in [0.2, 0.25) is 0 Å². The van der Waals surface area contributed by atoms with Crippen molar-refractivity contribution in [2.45, 2.75) is 70.9 Å². The van der Waals surface area contributed by atoms with Gasteiger partial charge in [0.15, 0.2) is 8.32 Å². The van der Waals surface area contributed by atoms with E-state index in [0.29, 0.717) is 13.0 Å². The number of hydrogen-bond acceptors (Lipinski definition) is 5. The van der Waals surface area contributed by atoms with Crippen molar-refractivity contribution in [2.24, 2.45) is 0 Å². The highest BCUT2D eigenvalue weighted by atomic mass is 31.2. The fourth-order valence-electron chi connectivity index (χ4n) is 2.83. The molecule has 2 aromatic carbocycles. The lowest BCUT2D eigenvalue weighted by Gasteiger charge is -2.37. The van der Waals surface area contributed by atoms with E-state index in [-0.39, 0.29) is 24.7 Å². The predicted molar refractivity (Wildman–Crippen MR) is 131 cm³/mol. The summed E-state index contributed by atoms with van der Waals surface area (Å²) >= 11 is 0. The Hall–Kier alpha value is -1.35. The Morgan fingerprint density at radius 1 is 0.848 bits per heavy atom. The number of hydrogen-bond donors (Lipinski definition) is 2. The minimum Gasteiger partial charge on any atom is -0.417 e. The van der Waals surface area contributed by atoms with Crippen molar-refractivity contribution in [3.8, 4) is 0 Å². The standard InChI is InChI=1S/C24H37O7PSi/c1-23(2,3)33(4,5)30-18-12-17-24(31-32(25,26)27,28-19-21-13-8-6-9-14-21)29-20-22-15-10-7-11-16-22/h6-11,13-16H,12,17-20H2,1-5H3,(H2,25,26,27). The molecule has 0 radical (unpaired) electrons. The van der Waals surface area contributed by atoms with Gasteiger partial charge in [0.05, 0.1) is 13.2 Å². The van der Waals surface area contributed by atoms with E-state index in [1.807, 2.05) is 60.7 Å². The fraction of sp³-hybridized carbons (Fsp3) is 0.500. The molecular formula is C24H37O7PSi. The van der Waals surface area contributed by atoms with Crippen molar-refractivity contribution in [3.05, 3.63) is 71.8 Å². The molecule has 0 aliphatic carbocycles. The van der Waals surface area contributed by atoms with E-state index >= 15 is 0 Å². The van der Waals surface area contributed by atoms with Gasteiger partial charge in [-0.25, -0.2) is 9.09 Å². The quantitative estimate of drug-likeness (QED) is 0.152. The molecule has 0 saturated heterocycles. The van der Waals surface area contributed by atoms with E-state index in [1.165, 1.54) is 0 Å². The van der Waals surface area contributed by atoms with Crippen molar-refractivity contribution in [1.82, 2.24) is 0 Å².